The zero-order chi connectivity index (χ0) is 20.7. The Labute approximate surface area is 185 Å². The van der Waals surface area contributed by atoms with E-state index in [4.69, 9.17) is 4.98 Å². The van der Waals surface area contributed by atoms with Crippen LogP contribution in [0.4, 0.5) is 10.1 Å². The number of aryl methyl sites for hydroxylation is 2. The Balaban J connectivity index is 1.80. The molecule has 8 heteroatoms. The summed E-state index contributed by atoms with van der Waals surface area (Å²) in [4.78, 5) is 18.1. The van der Waals surface area contributed by atoms with Crippen molar-refractivity contribution in [2.75, 3.05) is 5.32 Å². The monoisotopic (exact) mass is 522 g/mol. The van der Waals surface area contributed by atoms with E-state index in [9.17, 15) is 9.18 Å². The molecule has 1 aliphatic rings. The van der Waals surface area contributed by atoms with E-state index in [-0.39, 0.29) is 5.91 Å². The van der Waals surface area contributed by atoms with Crippen LogP contribution in [0, 0.1) is 12.7 Å². The van der Waals surface area contributed by atoms with Gasteiger partial charge in [0.15, 0.2) is 5.65 Å². The van der Waals surface area contributed by atoms with Crippen LogP contribution in [0.2, 0.25) is 0 Å². The van der Waals surface area contributed by atoms with Gasteiger partial charge in [0.1, 0.15) is 5.82 Å². The van der Waals surface area contributed by atoms with Crippen LogP contribution in [0.25, 0.3) is 11.0 Å². The second-order valence-electron chi connectivity index (χ2n) is 7.43. The molecular weight excluding hydrogens is 503 g/mol. The number of nitrogens with zero attached hydrogens (tertiary/aromatic N) is 3. The van der Waals surface area contributed by atoms with Crippen LogP contribution >= 0.6 is 31.9 Å². The lowest BCUT2D eigenvalue weighted by Gasteiger charge is -2.12. The number of carbonyl (C=O) groups excluding carboxylic acids is 1. The molecule has 0 radical (unpaired) electrons. The molecule has 1 fully saturated rings. The number of hydrogen-bond acceptors (Lipinski definition) is 3. The van der Waals surface area contributed by atoms with Gasteiger partial charge in [0.2, 0.25) is 0 Å². The second-order valence-corrected chi connectivity index (χ2v) is 9.14. The van der Waals surface area contributed by atoms with E-state index < -0.39 is 5.82 Å². The largest absolute Gasteiger partial charge is 0.320 e. The number of rotatable bonds is 6. The summed E-state index contributed by atoms with van der Waals surface area (Å²) in [7, 11) is 0. The predicted octanol–water partition coefficient (Wildman–Crippen LogP) is 6.33. The van der Waals surface area contributed by atoms with Gasteiger partial charge in [-0.3, -0.25) is 4.79 Å². The maximum Gasteiger partial charge on any atom is 0.256 e. The Bertz CT molecular complexity index is 1080. The van der Waals surface area contributed by atoms with Gasteiger partial charge in [-0.15, -0.1) is 0 Å². The summed E-state index contributed by atoms with van der Waals surface area (Å²) in [6.07, 6.45) is 4.25. The van der Waals surface area contributed by atoms with E-state index in [2.05, 4.69) is 49.2 Å². The smallest absolute Gasteiger partial charge is 0.256 e. The summed E-state index contributed by atoms with van der Waals surface area (Å²) >= 11 is 6.66. The maximum atomic E-state index is 13.6. The van der Waals surface area contributed by atoms with E-state index >= 15 is 0 Å². The number of benzene rings is 1. The molecular formula is C21H21Br2FN4O. The molecule has 0 atom stereocenters. The van der Waals surface area contributed by atoms with Crippen molar-refractivity contribution in [2.24, 2.45) is 0 Å². The van der Waals surface area contributed by atoms with E-state index in [1.807, 2.05) is 17.7 Å². The molecule has 2 aromatic heterocycles. The predicted molar refractivity (Wildman–Crippen MR) is 119 cm³/mol. The van der Waals surface area contributed by atoms with Crippen molar-refractivity contribution in [1.82, 2.24) is 14.8 Å². The van der Waals surface area contributed by atoms with Gasteiger partial charge >= 0.3 is 0 Å². The third kappa shape index (κ3) is 4.10. The average molecular weight is 524 g/mol. The minimum absolute atomic E-state index is 0.259. The zero-order valence-corrected chi connectivity index (χ0v) is 19.4. The van der Waals surface area contributed by atoms with Crippen molar-refractivity contribution in [2.45, 2.75) is 52.0 Å². The zero-order valence-electron chi connectivity index (χ0n) is 16.2. The van der Waals surface area contributed by atoms with Crippen molar-refractivity contribution in [1.29, 1.82) is 0 Å². The number of carbonyl (C=O) groups is 1. The Morgan fingerprint density at radius 1 is 1.28 bits per heavy atom. The van der Waals surface area contributed by atoms with Crippen LogP contribution in [0.3, 0.4) is 0 Å². The van der Waals surface area contributed by atoms with Crippen molar-refractivity contribution < 1.29 is 9.18 Å². The number of halogens is 3. The number of amides is 1. The summed E-state index contributed by atoms with van der Waals surface area (Å²) in [5, 5.41) is 8.34. The molecule has 3 aromatic rings. The summed E-state index contributed by atoms with van der Waals surface area (Å²) < 4.78 is 16.5. The highest BCUT2D eigenvalue weighted by atomic mass is 79.9. The first-order valence-corrected chi connectivity index (χ1v) is 11.3. The Morgan fingerprint density at radius 3 is 2.59 bits per heavy atom. The van der Waals surface area contributed by atoms with Gasteiger partial charge in [0.05, 0.1) is 22.3 Å². The fourth-order valence-electron chi connectivity index (χ4n) is 3.45. The summed E-state index contributed by atoms with van der Waals surface area (Å²) in [5.41, 5.74) is 3.54. The first-order valence-electron chi connectivity index (χ1n) is 9.73. The second kappa shape index (κ2) is 8.14. The quantitative estimate of drug-likeness (QED) is 0.410. The van der Waals surface area contributed by atoms with Crippen LogP contribution in [0.1, 0.15) is 60.3 Å². The van der Waals surface area contributed by atoms with Crippen molar-refractivity contribution >= 4 is 54.5 Å². The molecule has 5 nitrogen and oxygen atoms in total. The van der Waals surface area contributed by atoms with E-state index in [1.165, 1.54) is 12.1 Å². The third-order valence-corrected chi connectivity index (χ3v) is 6.36. The van der Waals surface area contributed by atoms with E-state index in [0.29, 0.717) is 26.1 Å². The molecule has 4 rings (SSSR count). The highest BCUT2D eigenvalue weighted by molar-refractivity contribution is 9.11. The van der Waals surface area contributed by atoms with Gasteiger partial charge in [-0.25, -0.2) is 14.1 Å². The average Bonchev–Trinajstić information content (AvgIpc) is 3.47. The number of pyridine rings is 1. The SMILES string of the molecule is CCCCn1nc(C)c2c(C(=O)Nc3c(Br)cc(F)cc3Br)cc(C3CC3)nc21. The number of fused-ring (bicyclic) bond motifs is 1. The van der Waals surface area contributed by atoms with Crippen molar-refractivity contribution in [3.8, 4) is 0 Å². The maximum absolute atomic E-state index is 13.6. The molecule has 0 aliphatic heterocycles. The Kier molecular flexibility index (Phi) is 5.75. The number of unbranched alkanes of at least 4 members (excludes halogenated alkanes) is 1. The molecule has 1 saturated carbocycles. The fraction of sp³-hybridized carbons (Fsp3) is 0.381. The summed E-state index contributed by atoms with van der Waals surface area (Å²) in [6.45, 7) is 4.82. The fourth-order valence-corrected chi connectivity index (χ4v) is 4.78. The minimum Gasteiger partial charge on any atom is -0.320 e. The molecule has 1 aliphatic carbocycles. The number of nitrogens with one attached hydrogen (secondary N) is 1. The Hall–Kier alpha value is -1.80. The molecule has 0 bridgehead atoms. The molecule has 0 unspecified atom stereocenters. The number of aromatic nitrogens is 3. The normalized spacial score (nSPS) is 13.8. The van der Waals surface area contributed by atoms with Crippen LogP contribution < -0.4 is 5.32 Å². The first-order chi connectivity index (χ1) is 13.9. The van der Waals surface area contributed by atoms with Gasteiger partial charge in [-0.1, -0.05) is 13.3 Å². The first kappa shape index (κ1) is 20.5. The lowest BCUT2D eigenvalue weighted by atomic mass is 10.1. The highest BCUT2D eigenvalue weighted by Gasteiger charge is 2.29. The minimum atomic E-state index is -0.392. The Morgan fingerprint density at radius 2 is 1.97 bits per heavy atom. The van der Waals surface area contributed by atoms with Gasteiger partial charge in [0.25, 0.3) is 5.91 Å². The molecule has 1 amide bonds. The molecule has 0 spiro atoms. The molecule has 152 valence electrons. The van der Waals surface area contributed by atoms with E-state index in [0.717, 1.165) is 54.6 Å². The van der Waals surface area contributed by atoms with Crippen LogP contribution in [0.5, 0.6) is 0 Å². The summed E-state index contributed by atoms with van der Waals surface area (Å²) in [5.74, 6) is -0.243. The van der Waals surface area contributed by atoms with Crippen LogP contribution in [-0.4, -0.2) is 20.7 Å². The van der Waals surface area contributed by atoms with E-state index in [1.54, 1.807) is 0 Å². The lowest BCUT2D eigenvalue weighted by molar-refractivity contribution is 0.102. The molecule has 29 heavy (non-hydrogen) atoms. The van der Waals surface area contributed by atoms with Crippen molar-refractivity contribution in [3.63, 3.8) is 0 Å². The lowest BCUT2D eigenvalue weighted by Crippen LogP contribution is -2.15. The van der Waals surface area contributed by atoms with Gasteiger partial charge in [-0.05, 0) is 76.2 Å². The molecule has 2 heterocycles. The van der Waals surface area contributed by atoms with Crippen molar-refractivity contribution in [3.05, 3.63) is 49.9 Å². The van der Waals surface area contributed by atoms with Gasteiger partial charge in [0, 0.05) is 27.1 Å². The molecule has 1 aromatic carbocycles. The number of anilines is 1. The van der Waals surface area contributed by atoms with Gasteiger partial charge in [-0.2, -0.15) is 5.10 Å². The van der Waals surface area contributed by atoms with Crippen LogP contribution in [0.15, 0.2) is 27.1 Å². The van der Waals surface area contributed by atoms with Crippen LogP contribution in [-0.2, 0) is 6.54 Å². The molecule has 0 saturated heterocycles. The highest BCUT2D eigenvalue weighted by Crippen LogP contribution is 2.41. The topological polar surface area (TPSA) is 59.8 Å². The standard InChI is InChI=1S/C21H21Br2FN4O/c1-3-4-7-28-20-18(11(2)27-28)14(10-17(25-20)12-5-6-12)21(29)26-19-15(22)8-13(24)9-16(19)23/h8-10,12H,3-7H2,1-2H3,(H,26,29). The molecule has 1 N–H and O–H groups in total. The third-order valence-electron chi connectivity index (χ3n) is 5.11. The number of hydrogen-bond donors (Lipinski definition) is 1. The van der Waals surface area contributed by atoms with Gasteiger partial charge < -0.3 is 5.32 Å². The summed E-state index contributed by atoms with van der Waals surface area (Å²) in [6, 6.07) is 4.54.